The Bertz CT molecular complexity index is 267. The van der Waals surface area contributed by atoms with Gasteiger partial charge in [0.05, 0.1) is 26.1 Å². The third-order valence-corrected chi connectivity index (χ3v) is 4.41. The zero-order chi connectivity index (χ0) is 17.2. The average molecular weight is 347 g/mol. The topological polar surface area (TPSA) is 52.6 Å². The molecular weight excluding hydrogens is 312 g/mol. The Kier molecular flexibility index (Phi) is 17.1. The highest BCUT2D eigenvalue weighted by Gasteiger charge is 2.05. The van der Waals surface area contributed by atoms with Crippen molar-refractivity contribution in [2.75, 3.05) is 24.7 Å². The maximum Gasteiger partial charge on any atom is 0.306 e. The lowest BCUT2D eigenvalue weighted by molar-refractivity contribution is -0.144. The third-order valence-electron chi connectivity index (χ3n) is 3.42. The Hall–Kier alpha value is -0.710. The molecule has 0 saturated carbocycles. The fourth-order valence-electron chi connectivity index (χ4n) is 1.99. The molecule has 0 rings (SSSR count). The van der Waals surface area contributed by atoms with Gasteiger partial charge >= 0.3 is 11.9 Å². The molecule has 0 heterocycles. The van der Waals surface area contributed by atoms with Gasteiger partial charge in [0.1, 0.15) is 0 Å². The molecular formula is C18H34O4S. The first-order valence-electron chi connectivity index (χ1n) is 9.09. The Morgan fingerprint density at radius 3 is 1.52 bits per heavy atom. The number of rotatable bonds is 16. The van der Waals surface area contributed by atoms with E-state index in [1.165, 1.54) is 25.7 Å². The molecule has 5 heteroatoms. The second-order valence-corrected chi connectivity index (χ2v) is 6.90. The van der Waals surface area contributed by atoms with Crippen LogP contribution in [0.1, 0.15) is 78.1 Å². The average Bonchev–Trinajstić information content (AvgIpc) is 2.54. The summed E-state index contributed by atoms with van der Waals surface area (Å²) in [5.74, 6) is 1.15. The predicted octanol–water partition coefficient (Wildman–Crippen LogP) is 4.75. The van der Waals surface area contributed by atoms with E-state index < -0.39 is 0 Å². The van der Waals surface area contributed by atoms with Crippen molar-refractivity contribution in [1.82, 2.24) is 0 Å². The van der Waals surface area contributed by atoms with E-state index in [-0.39, 0.29) is 11.9 Å². The first kappa shape index (κ1) is 22.3. The Morgan fingerprint density at radius 2 is 1.13 bits per heavy atom. The molecule has 0 aromatic carbocycles. The third kappa shape index (κ3) is 17.5. The molecule has 0 unspecified atom stereocenters. The number of carbonyl (C=O) groups is 2. The largest absolute Gasteiger partial charge is 0.466 e. The van der Waals surface area contributed by atoms with Crippen LogP contribution in [0.15, 0.2) is 0 Å². The van der Waals surface area contributed by atoms with Crippen LogP contribution in [0, 0.1) is 0 Å². The van der Waals surface area contributed by atoms with Crippen LogP contribution < -0.4 is 0 Å². The van der Waals surface area contributed by atoms with Gasteiger partial charge in [0.2, 0.25) is 0 Å². The second kappa shape index (κ2) is 17.6. The van der Waals surface area contributed by atoms with Crippen LogP contribution in [0.2, 0.25) is 0 Å². The normalized spacial score (nSPS) is 10.5. The molecule has 0 spiro atoms. The summed E-state index contributed by atoms with van der Waals surface area (Å²) in [4.78, 5) is 22.9. The van der Waals surface area contributed by atoms with Gasteiger partial charge in [-0.3, -0.25) is 9.59 Å². The van der Waals surface area contributed by atoms with E-state index in [4.69, 9.17) is 9.47 Å². The van der Waals surface area contributed by atoms with E-state index in [9.17, 15) is 9.59 Å². The van der Waals surface area contributed by atoms with E-state index in [0.29, 0.717) is 37.6 Å². The molecule has 4 nitrogen and oxygen atoms in total. The number of esters is 2. The fourth-order valence-corrected chi connectivity index (χ4v) is 2.81. The summed E-state index contributed by atoms with van der Waals surface area (Å²) in [6, 6.07) is 0. The highest BCUT2D eigenvalue weighted by atomic mass is 32.2. The molecule has 136 valence electrons. The number of carbonyl (C=O) groups excluding carboxylic acids is 2. The molecule has 0 aliphatic carbocycles. The van der Waals surface area contributed by atoms with Gasteiger partial charge in [-0.25, -0.2) is 0 Å². The standard InChI is InChI=1S/C18H34O4S/c1-3-5-7-9-13-21-17(19)11-15-23-16-12-18(20)22-14-10-8-6-4-2/h3-16H2,1-2H3. The first-order chi connectivity index (χ1) is 11.2. The summed E-state index contributed by atoms with van der Waals surface area (Å²) in [5, 5.41) is 0. The highest BCUT2D eigenvalue weighted by molar-refractivity contribution is 7.99. The van der Waals surface area contributed by atoms with Crippen LogP contribution in [0.5, 0.6) is 0 Å². The summed E-state index contributed by atoms with van der Waals surface area (Å²) in [6.45, 7) is 5.39. The van der Waals surface area contributed by atoms with Crippen molar-refractivity contribution < 1.29 is 19.1 Å². The molecule has 0 fully saturated rings. The summed E-state index contributed by atoms with van der Waals surface area (Å²) in [6.07, 6.45) is 9.77. The van der Waals surface area contributed by atoms with Gasteiger partial charge in [0.15, 0.2) is 0 Å². The van der Waals surface area contributed by atoms with Crippen LogP contribution in [0.3, 0.4) is 0 Å². The lowest BCUT2D eigenvalue weighted by Crippen LogP contribution is -2.09. The van der Waals surface area contributed by atoms with Crippen LogP contribution in [0.25, 0.3) is 0 Å². The van der Waals surface area contributed by atoms with E-state index in [2.05, 4.69) is 13.8 Å². The minimum atomic E-state index is -0.132. The molecule has 0 radical (unpaired) electrons. The Labute approximate surface area is 146 Å². The number of hydrogen-bond acceptors (Lipinski definition) is 5. The van der Waals surface area contributed by atoms with Crippen molar-refractivity contribution >= 4 is 23.7 Å². The van der Waals surface area contributed by atoms with Crippen LogP contribution in [0.4, 0.5) is 0 Å². The molecule has 0 saturated heterocycles. The van der Waals surface area contributed by atoms with Gasteiger partial charge in [-0.1, -0.05) is 52.4 Å². The fraction of sp³-hybridized carbons (Fsp3) is 0.889. The SMILES string of the molecule is CCCCCCOC(=O)CCSCCC(=O)OCCCCCC. The van der Waals surface area contributed by atoms with Gasteiger partial charge in [0.25, 0.3) is 0 Å². The predicted molar refractivity (Wildman–Crippen MR) is 96.8 cm³/mol. The van der Waals surface area contributed by atoms with E-state index >= 15 is 0 Å². The van der Waals surface area contributed by atoms with Crippen LogP contribution in [-0.2, 0) is 19.1 Å². The lowest BCUT2D eigenvalue weighted by Gasteiger charge is -2.05. The number of unbranched alkanes of at least 4 members (excludes halogenated alkanes) is 6. The van der Waals surface area contributed by atoms with Gasteiger partial charge in [-0.15, -0.1) is 0 Å². The van der Waals surface area contributed by atoms with Crippen LogP contribution in [-0.4, -0.2) is 36.7 Å². The van der Waals surface area contributed by atoms with Gasteiger partial charge in [-0.05, 0) is 12.8 Å². The van der Waals surface area contributed by atoms with E-state index in [0.717, 1.165) is 25.7 Å². The Morgan fingerprint density at radius 1 is 0.696 bits per heavy atom. The smallest absolute Gasteiger partial charge is 0.306 e. The Balaban J connectivity index is 3.30. The first-order valence-corrected chi connectivity index (χ1v) is 10.2. The summed E-state index contributed by atoms with van der Waals surface area (Å²) < 4.78 is 10.3. The van der Waals surface area contributed by atoms with Crippen molar-refractivity contribution in [1.29, 1.82) is 0 Å². The van der Waals surface area contributed by atoms with Crippen LogP contribution >= 0.6 is 11.8 Å². The number of ether oxygens (including phenoxy) is 2. The lowest BCUT2D eigenvalue weighted by atomic mass is 10.2. The maximum absolute atomic E-state index is 11.5. The number of thioether (sulfide) groups is 1. The zero-order valence-electron chi connectivity index (χ0n) is 14.9. The van der Waals surface area contributed by atoms with Gasteiger partial charge in [-0.2, -0.15) is 11.8 Å². The molecule has 0 aliphatic heterocycles. The number of hydrogen-bond donors (Lipinski definition) is 0. The molecule has 0 atom stereocenters. The minimum Gasteiger partial charge on any atom is -0.466 e. The summed E-state index contributed by atoms with van der Waals surface area (Å²) in [7, 11) is 0. The van der Waals surface area contributed by atoms with Crippen molar-refractivity contribution in [2.45, 2.75) is 78.1 Å². The van der Waals surface area contributed by atoms with E-state index in [1.54, 1.807) is 11.8 Å². The molecule has 0 aromatic heterocycles. The summed E-state index contributed by atoms with van der Waals surface area (Å²) >= 11 is 1.60. The zero-order valence-corrected chi connectivity index (χ0v) is 15.8. The molecule has 0 aromatic rings. The highest BCUT2D eigenvalue weighted by Crippen LogP contribution is 2.07. The van der Waals surface area contributed by atoms with Crippen molar-refractivity contribution in [2.24, 2.45) is 0 Å². The second-order valence-electron chi connectivity index (χ2n) is 5.67. The van der Waals surface area contributed by atoms with Gasteiger partial charge < -0.3 is 9.47 Å². The van der Waals surface area contributed by atoms with Crippen molar-refractivity contribution in [3.8, 4) is 0 Å². The monoisotopic (exact) mass is 346 g/mol. The molecule has 0 amide bonds. The molecule has 23 heavy (non-hydrogen) atoms. The maximum atomic E-state index is 11.5. The quantitative estimate of drug-likeness (QED) is 0.298. The summed E-state index contributed by atoms with van der Waals surface area (Å²) in [5.41, 5.74) is 0. The van der Waals surface area contributed by atoms with E-state index in [1.807, 2.05) is 0 Å². The van der Waals surface area contributed by atoms with Gasteiger partial charge in [0, 0.05) is 11.5 Å². The molecule has 0 bridgehead atoms. The minimum absolute atomic E-state index is 0.132. The molecule has 0 N–H and O–H groups in total. The molecule has 0 aliphatic rings. The van der Waals surface area contributed by atoms with Crippen molar-refractivity contribution in [3.63, 3.8) is 0 Å². The van der Waals surface area contributed by atoms with Crippen molar-refractivity contribution in [3.05, 3.63) is 0 Å².